The first-order valence-corrected chi connectivity index (χ1v) is 5.99. The molecule has 2 aromatic heterocycles. The first-order valence-electron chi connectivity index (χ1n) is 5.99. The summed E-state index contributed by atoms with van der Waals surface area (Å²) in [5.74, 6) is -1.30. The zero-order chi connectivity index (χ0) is 15.8. The van der Waals surface area contributed by atoms with Crippen molar-refractivity contribution in [3.63, 3.8) is 0 Å². The molecule has 0 radical (unpaired) electrons. The number of imidazole rings is 1. The first kappa shape index (κ1) is 14.6. The molecule has 0 bridgehead atoms. The third-order valence-corrected chi connectivity index (χ3v) is 2.58. The highest BCUT2D eigenvalue weighted by Crippen LogP contribution is 2.15. The maximum absolute atomic E-state index is 12.1. The molecule has 21 heavy (non-hydrogen) atoms. The van der Waals surface area contributed by atoms with E-state index in [1.165, 1.54) is 0 Å². The van der Waals surface area contributed by atoms with Crippen LogP contribution in [0.2, 0.25) is 0 Å². The summed E-state index contributed by atoms with van der Waals surface area (Å²) in [4.78, 5) is 38.5. The predicted molar refractivity (Wildman–Crippen MR) is 69.1 cm³/mol. The van der Waals surface area contributed by atoms with Crippen molar-refractivity contribution in [3.05, 3.63) is 22.5 Å². The number of carbonyl (C=O) groups is 2. The third-order valence-electron chi connectivity index (χ3n) is 2.58. The molecule has 0 aliphatic rings. The van der Waals surface area contributed by atoms with Crippen LogP contribution in [0.5, 0.6) is 0 Å². The monoisotopic (exact) mass is 294 g/mol. The molecule has 0 spiro atoms. The quantitative estimate of drug-likeness (QED) is 0.712. The van der Waals surface area contributed by atoms with Crippen LogP contribution < -0.4 is 11.4 Å². The van der Waals surface area contributed by atoms with E-state index >= 15 is 0 Å². The van der Waals surface area contributed by atoms with E-state index in [0.29, 0.717) is 0 Å². The molecule has 10 heteroatoms. The van der Waals surface area contributed by atoms with Gasteiger partial charge in [0, 0.05) is 0 Å². The molecule has 2 N–H and O–H groups in total. The van der Waals surface area contributed by atoms with Gasteiger partial charge in [-0.25, -0.2) is 14.2 Å². The molecular formula is C11H14N6O4. The number of hydrogen-bond donors (Lipinski definition) is 1. The summed E-state index contributed by atoms with van der Waals surface area (Å²) in [7, 11) is 0. The number of nitrogens with two attached hydrogens (primary N) is 1. The Morgan fingerprint density at radius 3 is 2.62 bits per heavy atom. The maximum atomic E-state index is 12.1. The third kappa shape index (κ3) is 2.73. The molecular weight excluding hydrogens is 280 g/mol. The SMILES string of the molecule is CC(C)(C)C(=O)OCn1nnc2c(C(N)=O)ncn2c1=O. The van der Waals surface area contributed by atoms with Crippen molar-refractivity contribution < 1.29 is 14.3 Å². The molecule has 0 unspecified atom stereocenters. The molecule has 1 amide bonds. The van der Waals surface area contributed by atoms with Crippen molar-refractivity contribution >= 4 is 17.5 Å². The van der Waals surface area contributed by atoms with Crippen molar-refractivity contribution in [2.24, 2.45) is 11.1 Å². The Hall–Kier alpha value is -2.78. The van der Waals surface area contributed by atoms with E-state index in [4.69, 9.17) is 10.5 Å². The summed E-state index contributed by atoms with van der Waals surface area (Å²) in [6.07, 6.45) is 1.11. The fourth-order valence-corrected chi connectivity index (χ4v) is 1.43. The Balaban J connectivity index is 2.31. The minimum absolute atomic E-state index is 0.0501. The highest BCUT2D eigenvalue weighted by Gasteiger charge is 2.23. The van der Waals surface area contributed by atoms with Gasteiger partial charge in [0.2, 0.25) is 0 Å². The van der Waals surface area contributed by atoms with Crippen molar-refractivity contribution in [2.75, 3.05) is 0 Å². The topological polar surface area (TPSA) is 134 Å². The van der Waals surface area contributed by atoms with Gasteiger partial charge in [0.1, 0.15) is 6.33 Å². The van der Waals surface area contributed by atoms with E-state index in [1.807, 2.05) is 0 Å². The number of rotatable bonds is 3. The maximum Gasteiger partial charge on any atom is 0.356 e. The van der Waals surface area contributed by atoms with Crippen LogP contribution in [-0.4, -0.2) is 36.3 Å². The zero-order valence-electron chi connectivity index (χ0n) is 11.7. The van der Waals surface area contributed by atoms with Gasteiger partial charge in [-0.2, -0.15) is 4.68 Å². The van der Waals surface area contributed by atoms with Crippen LogP contribution in [0.3, 0.4) is 0 Å². The van der Waals surface area contributed by atoms with Crippen LogP contribution in [-0.2, 0) is 16.3 Å². The molecule has 10 nitrogen and oxygen atoms in total. The number of hydrogen-bond acceptors (Lipinski definition) is 7. The van der Waals surface area contributed by atoms with Crippen molar-refractivity contribution in [1.82, 2.24) is 24.4 Å². The van der Waals surface area contributed by atoms with Crippen LogP contribution in [0.25, 0.3) is 5.65 Å². The molecule has 0 saturated heterocycles. The number of primary amides is 1. The molecule has 0 aliphatic carbocycles. The Morgan fingerprint density at radius 1 is 1.38 bits per heavy atom. The molecule has 0 saturated carbocycles. The van der Waals surface area contributed by atoms with Gasteiger partial charge < -0.3 is 10.5 Å². The van der Waals surface area contributed by atoms with E-state index in [9.17, 15) is 14.4 Å². The van der Waals surface area contributed by atoms with Crippen molar-refractivity contribution in [2.45, 2.75) is 27.5 Å². The number of fused-ring (bicyclic) bond motifs is 1. The number of carbonyl (C=O) groups excluding carboxylic acids is 2. The van der Waals surface area contributed by atoms with Gasteiger partial charge in [0.25, 0.3) is 5.91 Å². The van der Waals surface area contributed by atoms with Crippen LogP contribution in [0.1, 0.15) is 31.3 Å². The summed E-state index contributed by atoms with van der Waals surface area (Å²) < 4.78 is 6.81. The average molecular weight is 294 g/mol. The fourth-order valence-electron chi connectivity index (χ4n) is 1.43. The summed E-state index contributed by atoms with van der Waals surface area (Å²) >= 11 is 0. The smallest absolute Gasteiger partial charge is 0.356 e. The second kappa shape index (κ2) is 4.96. The summed E-state index contributed by atoms with van der Waals surface area (Å²) in [5.41, 5.74) is 3.54. The number of amides is 1. The molecule has 2 rings (SSSR count). The Kier molecular flexibility index (Phi) is 3.45. The Morgan fingerprint density at radius 2 is 2.05 bits per heavy atom. The van der Waals surface area contributed by atoms with Crippen LogP contribution in [0.15, 0.2) is 11.1 Å². The van der Waals surface area contributed by atoms with Gasteiger partial charge in [0.15, 0.2) is 18.1 Å². The van der Waals surface area contributed by atoms with Gasteiger partial charge in [-0.1, -0.05) is 5.21 Å². The zero-order valence-corrected chi connectivity index (χ0v) is 11.7. The Labute approximate surface area is 118 Å². The van der Waals surface area contributed by atoms with Gasteiger partial charge in [-0.05, 0) is 20.8 Å². The second-order valence-corrected chi connectivity index (χ2v) is 5.33. The largest absolute Gasteiger partial charge is 0.442 e. The van der Waals surface area contributed by atoms with Gasteiger partial charge in [-0.3, -0.25) is 9.59 Å². The lowest BCUT2D eigenvalue weighted by molar-refractivity contribution is -0.157. The van der Waals surface area contributed by atoms with Crippen LogP contribution >= 0.6 is 0 Å². The lowest BCUT2D eigenvalue weighted by atomic mass is 9.98. The van der Waals surface area contributed by atoms with E-state index in [-0.39, 0.29) is 18.1 Å². The lowest BCUT2D eigenvalue weighted by Gasteiger charge is -2.16. The molecule has 0 aliphatic heterocycles. The van der Waals surface area contributed by atoms with Gasteiger partial charge in [0.05, 0.1) is 5.41 Å². The van der Waals surface area contributed by atoms with Gasteiger partial charge >= 0.3 is 11.7 Å². The number of nitrogens with zero attached hydrogens (tertiary/aromatic N) is 5. The number of esters is 1. The van der Waals surface area contributed by atoms with E-state index in [1.54, 1.807) is 20.8 Å². The Bertz CT molecular complexity index is 769. The first-order chi connectivity index (χ1) is 9.71. The minimum atomic E-state index is -0.817. The second-order valence-electron chi connectivity index (χ2n) is 5.33. The minimum Gasteiger partial charge on any atom is -0.442 e. The van der Waals surface area contributed by atoms with E-state index in [2.05, 4.69) is 15.3 Å². The summed E-state index contributed by atoms with van der Waals surface area (Å²) in [6, 6.07) is 0. The van der Waals surface area contributed by atoms with Crippen LogP contribution in [0.4, 0.5) is 0 Å². The molecule has 2 aromatic rings. The molecule has 112 valence electrons. The van der Waals surface area contributed by atoms with E-state index < -0.39 is 23.0 Å². The van der Waals surface area contributed by atoms with E-state index in [0.717, 1.165) is 15.4 Å². The van der Waals surface area contributed by atoms with Crippen LogP contribution in [0, 0.1) is 5.41 Å². The molecule has 0 atom stereocenters. The molecule has 0 aromatic carbocycles. The standard InChI is InChI=1S/C11H14N6O4/c1-11(2,3)9(19)21-5-17-10(20)16-4-13-6(7(12)18)8(16)14-15-17/h4H,5H2,1-3H3,(H2,12,18). The number of ether oxygens (including phenoxy) is 1. The summed E-state index contributed by atoms with van der Waals surface area (Å²) in [5, 5.41) is 7.27. The number of aromatic nitrogens is 5. The fraction of sp³-hybridized carbons (Fsp3) is 0.455. The summed E-state index contributed by atoms with van der Waals surface area (Å²) in [6.45, 7) is 4.66. The average Bonchev–Trinajstić information content (AvgIpc) is 2.81. The predicted octanol–water partition coefficient (Wildman–Crippen LogP) is -1.07. The van der Waals surface area contributed by atoms with Crippen molar-refractivity contribution in [3.8, 4) is 0 Å². The normalized spacial score (nSPS) is 11.6. The molecule has 2 heterocycles. The van der Waals surface area contributed by atoms with Gasteiger partial charge in [-0.15, -0.1) is 5.10 Å². The van der Waals surface area contributed by atoms with Crippen molar-refractivity contribution in [1.29, 1.82) is 0 Å². The lowest BCUT2D eigenvalue weighted by Crippen LogP contribution is -2.33. The molecule has 0 fully saturated rings. The highest BCUT2D eigenvalue weighted by atomic mass is 16.5. The highest BCUT2D eigenvalue weighted by molar-refractivity contribution is 5.96.